The van der Waals surface area contributed by atoms with Crippen LogP contribution in [-0.4, -0.2) is 17.6 Å². The monoisotopic (exact) mass is 352 g/mol. The van der Waals surface area contributed by atoms with Crippen LogP contribution in [0.25, 0.3) is 0 Å². The molecule has 26 heavy (non-hydrogen) atoms. The third-order valence-corrected chi connectivity index (χ3v) is 3.88. The van der Waals surface area contributed by atoms with Crippen LogP contribution in [0, 0.1) is 5.82 Å². The number of methoxy groups -OCH3 is 1. The highest BCUT2D eigenvalue weighted by atomic mass is 19.1. The Balaban J connectivity index is 1.80. The molecule has 0 radical (unpaired) electrons. The third-order valence-electron chi connectivity index (χ3n) is 3.88. The van der Waals surface area contributed by atoms with Gasteiger partial charge in [0.2, 0.25) is 0 Å². The van der Waals surface area contributed by atoms with Crippen LogP contribution in [-0.2, 0) is 6.54 Å². The molecule has 1 amide bonds. The van der Waals surface area contributed by atoms with Gasteiger partial charge < -0.3 is 14.6 Å². The van der Waals surface area contributed by atoms with Crippen LogP contribution in [0.5, 0.6) is 5.75 Å². The fraction of sp³-hybridized carbons (Fsp3) is 0.100. The molecular formula is C20H17FN2O3. The van der Waals surface area contributed by atoms with Gasteiger partial charge in [0.25, 0.3) is 11.5 Å². The number of carbonyl (C=O) groups is 1. The van der Waals surface area contributed by atoms with Gasteiger partial charge >= 0.3 is 0 Å². The minimum Gasteiger partial charge on any atom is -0.497 e. The SMILES string of the molecule is COc1ccc(Cn2cccc(C(=O)Nc3ccc(F)cc3)c2=O)cc1. The molecule has 0 fully saturated rings. The smallest absolute Gasteiger partial charge is 0.263 e. The lowest BCUT2D eigenvalue weighted by molar-refractivity contribution is 0.102. The standard InChI is InChI=1S/C20H17FN2O3/c1-26-17-10-4-14(5-11-17)13-23-12-2-3-18(20(23)25)19(24)22-16-8-6-15(21)7-9-16/h2-12H,13H2,1H3,(H,22,24). The van der Waals surface area contributed by atoms with Gasteiger partial charge in [-0.1, -0.05) is 12.1 Å². The minimum atomic E-state index is -0.536. The number of nitrogens with one attached hydrogen (secondary N) is 1. The molecule has 3 aromatic rings. The lowest BCUT2D eigenvalue weighted by Crippen LogP contribution is -2.29. The van der Waals surface area contributed by atoms with E-state index in [0.29, 0.717) is 12.2 Å². The van der Waals surface area contributed by atoms with Gasteiger partial charge in [0.05, 0.1) is 13.7 Å². The van der Waals surface area contributed by atoms with E-state index in [-0.39, 0.29) is 5.56 Å². The molecule has 5 nitrogen and oxygen atoms in total. The summed E-state index contributed by atoms with van der Waals surface area (Å²) in [4.78, 5) is 25.0. The molecule has 0 atom stereocenters. The molecule has 2 aromatic carbocycles. The molecule has 0 unspecified atom stereocenters. The maximum absolute atomic E-state index is 12.9. The van der Waals surface area contributed by atoms with Crippen LogP contribution in [0.4, 0.5) is 10.1 Å². The Labute approximate surface area is 149 Å². The molecule has 1 N–H and O–H groups in total. The minimum absolute atomic E-state index is 0.0188. The van der Waals surface area contributed by atoms with Crippen LogP contribution in [0.2, 0.25) is 0 Å². The summed E-state index contributed by atoms with van der Waals surface area (Å²) in [5, 5.41) is 2.60. The summed E-state index contributed by atoms with van der Waals surface area (Å²) < 4.78 is 19.5. The largest absolute Gasteiger partial charge is 0.497 e. The number of pyridine rings is 1. The average Bonchev–Trinajstić information content (AvgIpc) is 2.66. The Morgan fingerprint density at radius 1 is 1.08 bits per heavy atom. The van der Waals surface area contributed by atoms with Gasteiger partial charge in [-0.15, -0.1) is 0 Å². The number of rotatable bonds is 5. The summed E-state index contributed by atoms with van der Waals surface area (Å²) in [6.07, 6.45) is 1.63. The summed E-state index contributed by atoms with van der Waals surface area (Å²) in [7, 11) is 1.59. The molecule has 0 saturated heterocycles. The van der Waals surface area contributed by atoms with Crippen molar-refractivity contribution in [1.82, 2.24) is 4.57 Å². The topological polar surface area (TPSA) is 60.3 Å². The molecular weight excluding hydrogens is 335 g/mol. The predicted octanol–water partition coefficient (Wildman–Crippen LogP) is 3.30. The maximum atomic E-state index is 12.9. The number of amides is 1. The van der Waals surface area contributed by atoms with E-state index in [1.165, 1.54) is 34.9 Å². The fourth-order valence-electron chi connectivity index (χ4n) is 2.49. The zero-order valence-corrected chi connectivity index (χ0v) is 14.1. The van der Waals surface area contributed by atoms with Crippen LogP contribution >= 0.6 is 0 Å². The van der Waals surface area contributed by atoms with Crippen molar-refractivity contribution in [2.24, 2.45) is 0 Å². The Morgan fingerprint density at radius 3 is 2.42 bits per heavy atom. The number of halogens is 1. The number of hydrogen-bond acceptors (Lipinski definition) is 3. The van der Waals surface area contributed by atoms with Crippen molar-refractivity contribution in [3.8, 4) is 5.75 Å². The highest BCUT2D eigenvalue weighted by molar-refractivity contribution is 6.03. The van der Waals surface area contributed by atoms with Crippen LogP contribution in [0.1, 0.15) is 15.9 Å². The van der Waals surface area contributed by atoms with Gasteiger partial charge in [-0.2, -0.15) is 0 Å². The summed E-state index contributed by atoms with van der Waals surface area (Å²) in [6.45, 7) is 0.334. The number of aromatic nitrogens is 1. The van der Waals surface area contributed by atoms with Crippen molar-refractivity contribution >= 4 is 11.6 Å². The molecule has 0 saturated carbocycles. The van der Waals surface area contributed by atoms with Gasteiger partial charge in [-0.25, -0.2) is 4.39 Å². The molecule has 0 bridgehead atoms. The normalized spacial score (nSPS) is 10.4. The van der Waals surface area contributed by atoms with Gasteiger partial charge in [0, 0.05) is 11.9 Å². The molecule has 1 heterocycles. The van der Waals surface area contributed by atoms with Crippen molar-refractivity contribution in [3.63, 3.8) is 0 Å². The molecule has 0 aliphatic heterocycles. The predicted molar refractivity (Wildman–Crippen MR) is 97.2 cm³/mol. The van der Waals surface area contributed by atoms with E-state index < -0.39 is 17.3 Å². The zero-order chi connectivity index (χ0) is 18.5. The van der Waals surface area contributed by atoms with Crippen molar-refractivity contribution in [3.05, 3.63) is 94.2 Å². The van der Waals surface area contributed by atoms with Crippen molar-refractivity contribution < 1.29 is 13.9 Å². The van der Waals surface area contributed by atoms with E-state index in [4.69, 9.17) is 4.74 Å². The summed E-state index contributed by atoms with van der Waals surface area (Å²) in [5.74, 6) is -0.205. The zero-order valence-electron chi connectivity index (χ0n) is 14.1. The molecule has 3 rings (SSSR count). The van der Waals surface area contributed by atoms with Crippen LogP contribution in [0.3, 0.4) is 0 Å². The molecule has 0 aliphatic rings. The van der Waals surface area contributed by atoms with Crippen molar-refractivity contribution in [2.75, 3.05) is 12.4 Å². The number of ether oxygens (including phenoxy) is 1. The maximum Gasteiger partial charge on any atom is 0.263 e. The molecule has 0 aliphatic carbocycles. The number of anilines is 1. The first-order valence-electron chi connectivity index (χ1n) is 7.96. The van der Waals surface area contributed by atoms with E-state index in [0.717, 1.165) is 11.3 Å². The Bertz CT molecular complexity index is 964. The Morgan fingerprint density at radius 2 is 1.77 bits per heavy atom. The fourth-order valence-corrected chi connectivity index (χ4v) is 2.49. The quantitative estimate of drug-likeness (QED) is 0.766. The van der Waals surface area contributed by atoms with E-state index in [9.17, 15) is 14.0 Å². The van der Waals surface area contributed by atoms with E-state index in [2.05, 4.69) is 5.32 Å². The number of benzene rings is 2. The van der Waals surface area contributed by atoms with Gasteiger partial charge in [-0.05, 0) is 54.1 Å². The van der Waals surface area contributed by atoms with Crippen LogP contribution in [0.15, 0.2) is 71.7 Å². The van der Waals surface area contributed by atoms with Gasteiger partial charge in [0.15, 0.2) is 0 Å². The van der Waals surface area contributed by atoms with E-state index in [1.807, 2.05) is 24.3 Å². The van der Waals surface area contributed by atoms with Crippen molar-refractivity contribution in [1.29, 1.82) is 0 Å². The van der Waals surface area contributed by atoms with E-state index in [1.54, 1.807) is 19.4 Å². The van der Waals surface area contributed by atoms with Crippen molar-refractivity contribution in [2.45, 2.75) is 6.54 Å². The van der Waals surface area contributed by atoms with Gasteiger partial charge in [-0.3, -0.25) is 9.59 Å². The molecule has 1 aromatic heterocycles. The lowest BCUT2D eigenvalue weighted by atomic mass is 10.2. The second kappa shape index (κ2) is 7.65. The molecule has 132 valence electrons. The van der Waals surface area contributed by atoms with Gasteiger partial charge in [0.1, 0.15) is 17.1 Å². The number of hydrogen-bond donors (Lipinski definition) is 1. The second-order valence-corrected chi connectivity index (χ2v) is 5.66. The first kappa shape index (κ1) is 17.4. The Kier molecular flexibility index (Phi) is 5.12. The van der Waals surface area contributed by atoms with E-state index >= 15 is 0 Å². The first-order valence-corrected chi connectivity index (χ1v) is 7.96. The second-order valence-electron chi connectivity index (χ2n) is 5.66. The number of nitrogens with zero attached hydrogens (tertiary/aromatic N) is 1. The third kappa shape index (κ3) is 3.97. The summed E-state index contributed by atoms with van der Waals surface area (Å²) in [6, 6.07) is 15.8. The summed E-state index contributed by atoms with van der Waals surface area (Å²) >= 11 is 0. The summed E-state index contributed by atoms with van der Waals surface area (Å²) in [5.41, 5.74) is 0.943. The lowest BCUT2D eigenvalue weighted by Gasteiger charge is -2.09. The first-order chi connectivity index (χ1) is 12.6. The highest BCUT2D eigenvalue weighted by Gasteiger charge is 2.12. The molecule has 0 spiro atoms. The average molecular weight is 352 g/mol. The number of carbonyl (C=O) groups excluding carboxylic acids is 1. The molecule has 6 heteroatoms. The highest BCUT2D eigenvalue weighted by Crippen LogP contribution is 2.12. The van der Waals surface area contributed by atoms with Crippen LogP contribution < -0.4 is 15.6 Å². The Hall–Kier alpha value is -3.41.